The Morgan fingerprint density at radius 1 is 1.37 bits per heavy atom. The van der Waals surface area contributed by atoms with Crippen LogP contribution in [0.15, 0.2) is 0 Å². The van der Waals surface area contributed by atoms with Crippen molar-refractivity contribution in [1.29, 1.82) is 0 Å². The molecule has 2 saturated heterocycles. The zero-order valence-corrected chi connectivity index (χ0v) is 11.7. The molecule has 6 nitrogen and oxygen atoms in total. The second-order valence-electron chi connectivity index (χ2n) is 5.18. The topological polar surface area (TPSA) is 68.0 Å². The van der Waals surface area contributed by atoms with Crippen LogP contribution in [0.25, 0.3) is 0 Å². The van der Waals surface area contributed by atoms with Gasteiger partial charge in [0.1, 0.15) is 6.17 Å². The lowest BCUT2D eigenvalue weighted by atomic mass is 10.2. The van der Waals surface area contributed by atoms with E-state index in [1.807, 2.05) is 0 Å². The summed E-state index contributed by atoms with van der Waals surface area (Å²) >= 11 is 0. The van der Waals surface area contributed by atoms with E-state index >= 15 is 0 Å². The summed E-state index contributed by atoms with van der Waals surface area (Å²) in [5.74, 6) is 0. The molecule has 2 atom stereocenters. The highest BCUT2D eigenvalue weighted by Crippen LogP contribution is 2.22. The van der Waals surface area contributed by atoms with Crippen LogP contribution in [-0.4, -0.2) is 67.6 Å². The lowest BCUT2D eigenvalue weighted by Gasteiger charge is -2.38. The molecule has 2 rings (SSSR count). The summed E-state index contributed by atoms with van der Waals surface area (Å²) in [7, 11) is 0. The van der Waals surface area contributed by atoms with Gasteiger partial charge in [-0.05, 0) is 12.8 Å². The first-order chi connectivity index (χ1) is 9.24. The fraction of sp³-hybridized carbons (Fsp3) is 0.923. The van der Waals surface area contributed by atoms with E-state index in [-0.39, 0.29) is 18.3 Å². The Hall–Kier alpha value is -0.850. The summed E-state index contributed by atoms with van der Waals surface area (Å²) in [4.78, 5) is 16.1. The summed E-state index contributed by atoms with van der Waals surface area (Å²) < 4.78 is 10.7. The number of carbonyl (C=O) groups excluding carboxylic acids is 1. The molecular weight excluding hydrogens is 246 g/mol. The van der Waals surface area contributed by atoms with E-state index in [1.54, 1.807) is 4.90 Å². The summed E-state index contributed by atoms with van der Waals surface area (Å²) in [6.45, 7) is 6.35. The molecule has 0 aromatic rings. The first-order valence-electron chi connectivity index (χ1n) is 7.24. The Morgan fingerprint density at radius 2 is 2.11 bits per heavy atom. The molecule has 2 fully saturated rings. The monoisotopic (exact) mass is 271 g/mol. The van der Waals surface area contributed by atoms with Crippen molar-refractivity contribution in [2.45, 2.75) is 38.4 Å². The lowest BCUT2D eigenvalue weighted by Crippen LogP contribution is -2.57. The van der Waals surface area contributed by atoms with Crippen LogP contribution in [0.4, 0.5) is 4.79 Å². The first-order valence-corrected chi connectivity index (χ1v) is 7.24. The molecule has 0 radical (unpaired) electrons. The number of likely N-dealkylation sites (tertiary alicyclic amines) is 1. The van der Waals surface area contributed by atoms with Gasteiger partial charge >= 0.3 is 6.09 Å². The van der Waals surface area contributed by atoms with Gasteiger partial charge in [0.15, 0.2) is 0 Å². The van der Waals surface area contributed by atoms with Gasteiger partial charge in [-0.25, -0.2) is 4.79 Å². The van der Waals surface area contributed by atoms with Crippen LogP contribution in [0.1, 0.15) is 26.2 Å². The molecule has 110 valence electrons. The Kier molecular flexibility index (Phi) is 5.42. The average molecular weight is 271 g/mol. The molecule has 0 aliphatic carbocycles. The van der Waals surface area contributed by atoms with E-state index in [4.69, 9.17) is 15.2 Å². The van der Waals surface area contributed by atoms with Crippen molar-refractivity contribution < 1.29 is 14.3 Å². The molecule has 0 aromatic carbocycles. The van der Waals surface area contributed by atoms with Crippen molar-refractivity contribution in [1.82, 2.24) is 9.80 Å². The molecule has 0 spiro atoms. The number of nitrogens with zero attached hydrogens (tertiary/aromatic N) is 2. The van der Waals surface area contributed by atoms with E-state index in [9.17, 15) is 4.79 Å². The largest absolute Gasteiger partial charge is 0.449 e. The van der Waals surface area contributed by atoms with Crippen LogP contribution < -0.4 is 5.73 Å². The quantitative estimate of drug-likeness (QED) is 0.759. The molecule has 19 heavy (non-hydrogen) atoms. The highest BCUT2D eigenvalue weighted by Gasteiger charge is 2.40. The van der Waals surface area contributed by atoms with Gasteiger partial charge in [-0.15, -0.1) is 0 Å². The second-order valence-corrected chi connectivity index (χ2v) is 5.18. The maximum atomic E-state index is 12.1. The normalized spacial score (nSPS) is 28.6. The van der Waals surface area contributed by atoms with Gasteiger partial charge in [0.25, 0.3) is 0 Å². The van der Waals surface area contributed by atoms with E-state index in [0.29, 0.717) is 26.4 Å². The predicted octanol–water partition coefficient (Wildman–Crippen LogP) is 0.614. The van der Waals surface area contributed by atoms with Crippen molar-refractivity contribution in [2.75, 3.05) is 39.5 Å². The third-order valence-electron chi connectivity index (χ3n) is 3.78. The Labute approximate surface area is 114 Å². The molecule has 2 unspecified atom stereocenters. The van der Waals surface area contributed by atoms with Gasteiger partial charge in [0.05, 0.1) is 19.8 Å². The number of carbonyl (C=O) groups is 1. The maximum Gasteiger partial charge on any atom is 0.411 e. The van der Waals surface area contributed by atoms with Gasteiger partial charge in [0, 0.05) is 25.7 Å². The van der Waals surface area contributed by atoms with Crippen LogP contribution in [0, 0.1) is 0 Å². The minimum Gasteiger partial charge on any atom is -0.449 e. The van der Waals surface area contributed by atoms with E-state index in [1.165, 1.54) is 0 Å². The zero-order valence-electron chi connectivity index (χ0n) is 11.7. The molecular formula is C13H25N3O3. The van der Waals surface area contributed by atoms with Crippen molar-refractivity contribution in [3.63, 3.8) is 0 Å². The number of rotatable bonds is 4. The summed E-state index contributed by atoms with van der Waals surface area (Å²) in [5.41, 5.74) is 6.16. The third-order valence-corrected chi connectivity index (χ3v) is 3.78. The molecule has 2 heterocycles. The minimum absolute atomic E-state index is 0.0109. The summed E-state index contributed by atoms with van der Waals surface area (Å²) in [5, 5.41) is 0. The SMILES string of the molecule is CCCCOC(=O)N1CCC(N)C1N1CCOCC1. The van der Waals surface area contributed by atoms with Crippen LogP contribution in [0.2, 0.25) is 0 Å². The standard InChI is InChI=1S/C13H25N3O3/c1-2-3-8-19-13(17)16-5-4-11(14)12(16)15-6-9-18-10-7-15/h11-12H,2-10,14H2,1H3. The second kappa shape index (κ2) is 7.07. The van der Waals surface area contributed by atoms with Crippen LogP contribution in [0.3, 0.4) is 0 Å². The average Bonchev–Trinajstić information content (AvgIpc) is 2.82. The van der Waals surface area contributed by atoms with Crippen LogP contribution in [-0.2, 0) is 9.47 Å². The number of nitrogens with two attached hydrogens (primary N) is 1. The fourth-order valence-electron chi connectivity index (χ4n) is 2.70. The summed E-state index contributed by atoms with van der Waals surface area (Å²) in [6, 6.07) is 0.0109. The number of hydrogen-bond donors (Lipinski definition) is 1. The van der Waals surface area contributed by atoms with E-state index < -0.39 is 0 Å². The third kappa shape index (κ3) is 3.58. The molecule has 2 aliphatic rings. The van der Waals surface area contributed by atoms with Crippen molar-refractivity contribution >= 4 is 6.09 Å². The first kappa shape index (κ1) is 14.6. The Balaban J connectivity index is 1.92. The number of ether oxygens (including phenoxy) is 2. The minimum atomic E-state index is -0.224. The lowest BCUT2D eigenvalue weighted by molar-refractivity contribution is -0.0231. The Morgan fingerprint density at radius 3 is 2.79 bits per heavy atom. The van der Waals surface area contributed by atoms with Gasteiger partial charge in [-0.3, -0.25) is 9.80 Å². The van der Waals surface area contributed by atoms with Crippen molar-refractivity contribution in [2.24, 2.45) is 5.73 Å². The van der Waals surface area contributed by atoms with Crippen LogP contribution >= 0.6 is 0 Å². The zero-order chi connectivity index (χ0) is 13.7. The van der Waals surface area contributed by atoms with Crippen molar-refractivity contribution in [3.8, 4) is 0 Å². The molecule has 2 aliphatic heterocycles. The molecule has 0 bridgehead atoms. The number of hydrogen-bond acceptors (Lipinski definition) is 5. The van der Waals surface area contributed by atoms with Gasteiger partial charge in [-0.2, -0.15) is 0 Å². The summed E-state index contributed by atoms with van der Waals surface area (Å²) in [6.07, 6.45) is 2.52. The number of unbranched alkanes of at least 4 members (excludes halogenated alkanes) is 1. The highest BCUT2D eigenvalue weighted by molar-refractivity contribution is 5.68. The Bertz CT molecular complexity index is 295. The molecule has 1 amide bonds. The number of amides is 1. The van der Waals surface area contributed by atoms with E-state index in [0.717, 1.165) is 32.4 Å². The van der Waals surface area contributed by atoms with E-state index in [2.05, 4.69) is 11.8 Å². The van der Waals surface area contributed by atoms with Gasteiger partial charge in [-0.1, -0.05) is 13.3 Å². The van der Waals surface area contributed by atoms with Gasteiger partial charge < -0.3 is 15.2 Å². The maximum absolute atomic E-state index is 12.1. The molecule has 6 heteroatoms. The smallest absolute Gasteiger partial charge is 0.411 e. The molecule has 2 N–H and O–H groups in total. The van der Waals surface area contributed by atoms with Crippen LogP contribution in [0.5, 0.6) is 0 Å². The molecule has 0 saturated carbocycles. The number of morpholine rings is 1. The van der Waals surface area contributed by atoms with Crippen molar-refractivity contribution in [3.05, 3.63) is 0 Å². The van der Waals surface area contributed by atoms with Gasteiger partial charge in [0.2, 0.25) is 0 Å². The highest BCUT2D eigenvalue weighted by atomic mass is 16.6. The molecule has 0 aromatic heterocycles. The fourth-order valence-corrected chi connectivity index (χ4v) is 2.70. The predicted molar refractivity (Wildman–Crippen MR) is 71.7 cm³/mol.